The molecule has 2 heterocycles. The lowest BCUT2D eigenvalue weighted by molar-refractivity contribution is -0.124. The molecule has 0 unspecified atom stereocenters. The van der Waals surface area contributed by atoms with Gasteiger partial charge < -0.3 is 29.7 Å². The fraction of sp³-hybridized carbons (Fsp3) is 0.459. The lowest BCUT2D eigenvalue weighted by atomic mass is 9.95. The van der Waals surface area contributed by atoms with Gasteiger partial charge in [0.1, 0.15) is 24.5 Å². The van der Waals surface area contributed by atoms with Crippen LogP contribution >= 0.6 is 0 Å². The molecular formula is C37H45N5O5. The second-order valence-corrected chi connectivity index (χ2v) is 13.6. The van der Waals surface area contributed by atoms with E-state index < -0.39 is 18.1 Å². The van der Waals surface area contributed by atoms with E-state index in [2.05, 4.69) is 20.9 Å². The van der Waals surface area contributed by atoms with Crippen LogP contribution in [0.25, 0.3) is 10.9 Å². The first-order valence-corrected chi connectivity index (χ1v) is 16.7. The molecule has 2 aromatic carbocycles. The summed E-state index contributed by atoms with van der Waals surface area (Å²) in [6.45, 7) is 5.81. The van der Waals surface area contributed by atoms with Crippen LogP contribution in [0.2, 0.25) is 0 Å². The third kappa shape index (κ3) is 7.53. The number of hydrogen-bond acceptors (Lipinski definition) is 6. The molecule has 0 aliphatic heterocycles. The predicted molar refractivity (Wildman–Crippen MR) is 178 cm³/mol. The van der Waals surface area contributed by atoms with Crippen molar-refractivity contribution in [3.8, 4) is 0 Å². The Bertz CT molecular complexity index is 1730. The molecule has 5 atom stereocenters. The van der Waals surface area contributed by atoms with E-state index in [9.17, 15) is 14.4 Å². The van der Waals surface area contributed by atoms with Gasteiger partial charge in [0.25, 0.3) is 0 Å². The number of fused-ring (bicyclic) bond motifs is 3. The number of carbonyl (C=O) groups excluding carboxylic acids is 3. The number of ether oxygens (including phenoxy) is 1. The minimum Gasteiger partial charge on any atom is -0.456 e. The maximum Gasteiger partial charge on any atom is 0.360 e. The first kappa shape index (κ1) is 32.3. The minimum atomic E-state index is -0.769. The average Bonchev–Trinajstić information content (AvgIpc) is 3.84. The lowest BCUT2D eigenvalue weighted by Gasteiger charge is -2.26. The number of urea groups is 1. The molecule has 2 aromatic heterocycles. The van der Waals surface area contributed by atoms with Crippen molar-refractivity contribution in [3.05, 3.63) is 89.3 Å². The zero-order valence-corrected chi connectivity index (χ0v) is 27.6. The summed E-state index contributed by atoms with van der Waals surface area (Å²) >= 11 is 0. The van der Waals surface area contributed by atoms with Gasteiger partial charge in [-0.25, -0.2) is 14.6 Å². The molecule has 0 saturated heterocycles. The normalized spacial score (nSPS) is 19.9. The van der Waals surface area contributed by atoms with Gasteiger partial charge in [0.2, 0.25) is 11.8 Å². The van der Waals surface area contributed by atoms with Crippen molar-refractivity contribution in [1.82, 2.24) is 25.5 Å². The van der Waals surface area contributed by atoms with E-state index in [0.29, 0.717) is 30.4 Å². The maximum absolute atomic E-state index is 14.0. The van der Waals surface area contributed by atoms with Gasteiger partial charge in [0.15, 0.2) is 5.69 Å². The van der Waals surface area contributed by atoms with Crippen LogP contribution in [0.4, 0.5) is 4.79 Å². The number of carbonyl (C=O) groups is 3. The minimum absolute atomic E-state index is 0.0650. The van der Waals surface area contributed by atoms with Gasteiger partial charge >= 0.3 is 12.0 Å². The van der Waals surface area contributed by atoms with E-state index in [1.807, 2.05) is 86.3 Å². The first-order valence-electron chi connectivity index (χ1n) is 16.7. The van der Waals surface area contributed by atoms with E-state index in [1.54, 1.807) is 6.92 Å². The molecule has 2 aliphatic rings. The predicted octanol–water partition coefficient (Wildman–Crippen LogP) is 6.13. The van der Waals surface area contributed by atoms with E-state index >= 15 is 0 Å². The van der Waals surface area contributed by atoms with E-state index in [-0.39, 0.29) is 42.1 Å². The van der Waals surface area contributed by atoms with Crippen LogP contribution in [0.15, 0.2) is 65.2 Å². The van der Waals surface area contributed by atoms with E-state index in [4.69, 9.17) is 9.15 Å². The molecule has 4 aromatic rings. The summed E-state index contributed by atoms with van der Waals surface area (Å²) in [6, 6.07) is 15.8. The summed E-state index contributed by atoms with van der Waals surface area (Å²) < 4.78 is 13.6. The van der Waals surface area contributed by atoms with Gasteiger partial charge in [-0.05, 0) is 67.6 Å². The SMILES string of the molecule is Cc1oc([C@@H](Cc2cn(C)c3ccccc23)NC(=O)[C@H](CC(C)C)NC(=O)N[C@H]2C[C@H]3CC[C@@H]2C3)nc1C(=O)OCc1ccccc1. The number of rotatable bonds is 12. The summed E-state index contributed by atoms with van der Waals surface area (Å²) in [5.74, 6) is 0.932. The van der Waals surface area contributed by atoms with Crippen LogP contribution in [-0.2, 0) is 29.6 Å². The smallest absolute Gasteiger partial charge is 0.360 e. The van der Waals surface area contributed by atoms with Gasteiger partial charge in [-0.15, -0.1) is 0 Å². The number of nitrogens with zero attached hydrogens (tertiary/aromatic N) is 2. The molecule has 3 N–H and O–H groups in total. The molecular weight excluding hydrogens is 594 g/mol. The van der Waals surface area contributed by atoms with Crippen molar-refractivity contribution in [2.24, 2.45) is 24.8 Å². The fourth-order valence-electron chi connectivity index (χ4n) is 7.32. The zero-order valence-electron chi connectivity index (χ0n) is 27.6. The molecule has 10 nitrogen and oxygen atoms in total. The third-order valence-corrected chi connectivity index (χ3v) is 9.62. The van der Waals surface area contributed by atoms with Gasteiger partial charge in [-0.2, -0.15) is 0 Å². The van der Waals surface area contributed by atoms with Gasteiger partial charge in [-0.3, -0.25) is 4.79 Å². The molecule has 0 radical (unpaired) electrons. The monoisotopic (exact) mass is 639 g/mol. The fourth-order valence-corrected chi connectivity index (χ4v) is 7.32. The van der Waals surface area contributed by atoms with Crippen molar-refractivity contribution >= 4 is 28.8 Å². The molecule has 248 valence electrons. The van der Waals surface area contributed by atoms with Crippen LogP contribution in [-0.4, -0.2) is 39.5 Å². The van der Waals surface area contributed by atoms with E-state index in [0.717, 1.165) is 34.9 Å². The molecule has 2 bridgehead atoms. The summed E-state index contributed by atoms with van der Waals surface area (Å²) in [7, 11) is 1.98. The van der Waals surface area contributed by atoms with Crippen LogP contribution < -0.4 is 16.0 Å². The Morgan fingerprint density at radius 3 is 2.51 bits per heavy atom. The third-order valence-electron chi connectivity index (χ3n) is 9.62. The second kappa shape index (κ2) is 14.0. The number of benzene rings is 2. The summed E-state index contributed by atoms with van der Waals surface area (Å²) in [5.41, 5.74) is 2.96. The largest absolute Gasteiger partial charge is 0.456 e. The molecule has 0 spiro atoms. The standard InChI is InChI=1S/C37H45N5O5/c1-22(2)16-30(40-37(45)39-29-18-25-14-15-26(29)17-25)34(43)38-31(19-27-20-42(4)32-13-9-8-12-28(27)32)35-41-33(23(3)47-35)36(44)46-21-24-10-6-5-7-11-24/h5-13,20,22,25-26,29-31H,14-19,21H2,1-4H3,(H,38,43)(H2,39,40,45)/t25-,26+,29-,30-,31+/m0/s1. The van der Waals surface area contributed by atoms with Crippen molar-refractivity contribution in [2.75, 3.05) is 0 Å². The molecule has 47 heavy (non-hydrogen) atoms. The number of esters is 1. The highest BCUT2D eigenvalue weighted by Gasteiger charge is 2.40. The van der Waals surface area contributed by atoms with Crippen molar-refractivity contribution in [1.29, 1.82) is 0 Å². The number of para-hydroxylation sites is 1. The molecule has 2 saturated carbocycles. The lowest BCUT2D eigenvalue weighted by Crippen LogP contribution is -2.53. The van der Waals surface area contributed by atoms with Crippen LogP contribution in [0.1, 0.15) is 85.3 Å². The number of amides is 3. The average molecular weight is 640 g/mol. The summed E-state index contributed by atoms with van der Waals surface area (Å²) in [6.07, 6.45) is 7.42. The van der Waals surface area contributed by atoms with Crippen molar-refractivity contribution in [2.45, 2.75) is 84.0 Å². The highest BCUT2D eigenvalue weighted by atomic mass is 16.5. The number of hydrogen-bond donors (Lipinski definition) is 3. The Hall–Kier alpha value is -4.60. The number of oxazole rings is 1. The first-order chi connectivity index (χ1) is 22.6. The molecule has 6 rings (SSSR count). The van der Waals surface area contributed by atoms with E-state index in [1.165, 1.54) is 12.8 Å². The summed E-state index contributed by atoms with van der Waals surface area (Å²) in [5, 5.41) is 10.3. The number of aryl methyl sites for hydroxylation is 2. The number of nitrogens with one attached hydrogen (secondary N) is 3. The Morgan fingerprint density at radius 1 is 1.02 bits per heavy atom. The Labute approximate surface area is 275 Å². The van der Waals surface area contributed by atoms with Crippen molar-refractivity contribution < 1.29 is 23.5 Å². The Morgan fingerprint density at radius 2 is 1.79 bits per heavy atom. The van der Waals surface area contributed by atoms with Gasteiger partial charge in [0, 0.05) is 36.6 Å². The van der Waals surface area contributed by atoms with Crippen LogP contribution in [0.3, 0.4) is 0 Å². The molecule has 2 aliphatic carbocycles. The highest BCUT2D eigenvalue weighted by molar-refractivity contribution is 5.89. The van der Waals surface area contributed by atoms with Gasteiger partial charge in [-0.1, -0.05) is 68.8 Å². The molecule has 3 amide bonds. The number of aromatic nitrogens is 2. The van der Waals surface area contributed by atoms with Crippen LogP contribution in [0.5, 0.6) is 0 Å². The summed E-state index contributed by atoms with van der Waals surface area (Å²) in [4.78, 5) is 44.8. The second-order valence-electron chi connectivity index (χ2n) is 13.6. The Kier molecular flexibility index (Phi) is 9.66. The quantitative estimate of drug-likeness (QED) is 0.160. The van der Waals surface area contributed by atoms with Crippen LogP contribution in [0, 0.1) is 24.7 Å². The molecule has 2 fully saturated rings. The maximum atomic E-state index is 14.0. The molecule has 10 heteroatoms. The van der Waals surface area contributed by atoms with Crippen molar-refractivity contribution in [3.63, 3.8) is 0 Å². The highest BCUT2D eigenvalue weighted by Crippen LogP contribution is 2.44. The topological polar surface area (TPSA) is 127 Å². The zero-order chi connectivity index (χ0) is 33.1. The van der Waals surface area contributed by atoms with Gasteiger partial charge in [0.05, 0.1) is 0 Å². The Balaban J connectivity index is 1.23.